The molecule has 0 spiro atoms. The molecular formula is C7H15NO. The quantitative estimate of drug-likeness (QED) is 0.559. The summed E-state index contributed by atoms with van der Waals surface area (Å²) < 4.78 is 0. The van der Waals surface area contributed by atoms with Crippen molar-refractivity contribution in [1.29, 1.82) is 0 Å². The van der Waals surface area contributed by atoms with Gasteiger partial charge in [0, 0.05) is 12.6 Å². The summed E-state index contributed by atoms with van der Waals surface area (Å²) in [6.45, 7) is 6.39. The Labute approximate surface area is 56.8 Å². The van der Waals surface area contributed by atoms with Gasteiger partial charge in [0.1, 0.15) is 0 Å². The minimum Gasteiger partial charge on any atom is -0.299 e. The molecule has 0 radical (unpaired) electrons. The molecular weight excluding hydrogens is 114 g/mol. The molecule has 0 aromatic carbocycles. The second kappa shape index (κ2) is 3.18. The molecule has 1 atom stereocenters. The number of nitrogens with zero attached hydrogens (tertiary/aromatic N) is 1. The lowest BCUT2D eigenvalue weighted by molar-refractivity contribution is -0.128. The third-order valence-electron chi connectivity index (χ3n) is 1.73. The Hall–Kier alpha value is -0.0800. The topological polar surface area (TPSA) is 12.5 Å². The monoisotopic (exact) mass is 129 g/mol. The predicted octanol–water partition coefficient (Wildman–Crippen LogP) is 1.42. The maximum absolute atomic E-state index is 5.34. The van der Waals surface area contributed by atoms with E-state index >= 15 is 0 Å². The van der Waals surface area contributed by atoms with E-state index in [4.69, 9.17) is 4.84 Å². The first-order valence-corrected chi connectivity index (χ1v) is 3.74. The van der Waals surface area contributed by atoms with Crippen LogP contribution in [0.5, 0.6) is 0 Å². The van der Waals surface area contributed by atoms with E-state index in [1.54, 1.807) is 0 Å². The van der Waals surface area contributed by atoms with Crippen LogP contribution < -0.4 is 0 Å². The lowest BCUT2D eigenvalue weighted by atomic mass is 10.2. The Morgan fingerprint density at radius 1 is 1.67 bits per heavy atom. The van der Waals surface area contributed by atoms with Gasteiger partial charge in [0.15, 0.2) is 0 Å². The fraction of sp³-hybridized carbons (Fsp3) is 1.00. The van der Waals surface area contributed by atoms with Crippen LogP contribution in [0.3, 0.4) is 0 Å². The second-order valence-electron chi connectivity index (χ2n) is 2.61. The van der Waals surface area contributed by atoms with Crippen molar-refractivity contribution in [1.82, 2.24) is 5.06 Å². The summed E-state index contributed by atoms with van der Waals surface area (Å²) in [6, 6.07) is 0.643. The molecule has 2 heteroatoms. The maximum atomic E-state index is 5.34. The summed E-state index contributed by atoms with van der Waals surface area (Å²) in [7, 11) is 0. The molecule has 1 unspecified atom stereocenters. The van der Waals surface area contributed by atoms with Crippen molar-refractivity contribution in [3.63, 3.8) is 0 Å². The van der Waals surface area contributed by atoms with E-state index in [1.807, 2.05) is 0 Å². The molecule has 9 heavy (non-hydrogen) atoms. The van der Waals surface area contributed by atoms with E-state index in [2.05, 4.69) is 18.9 Å². The van der Waals surface area contributed by atoms with E-state index in [0.717, 1.165) is 13.2 Å². The third-order valence-corrected chi connectivity index (χ3v) is 1.73. The summed E-state index contributed by atoms with van der Waals surface area (Å²) in [5, 5.41) is 2.08. The van der Waals surface area contributed by atoms with Crippen LogP contribution in [0.4, 0.5) is 0 Å². The van der Waals surface area contributed by atoms with Crippen molar-refractivity contribution in [2.45, 2.75) is 32.7 Å². The van der Waals surface area contributed by atoms with Gasteiger partial charge in [-0.25, -0.2) is 0 Å². The molecule has 1 heterocycles. The molecule has 1 saturated heterocycles. The van der Waals surface area contributed by atoms with Crippen LogP contribution in [0.2, 0.25) is 0 Å². The van der Waals surface area contributed by atoms with Crippen molar-refractivity contribution in [2.24, 2.45) is 0 Å². The van der Waals surface area contributed by atoms with E-state index < -0.39 is 0 Å². The predicted molar refractivity (Wildman–Crippen MR) is 37.0 cm³/mol. The van der Waals surface area contributed by atoms with Crippen LogP contribution in [-0.4, -0.2) is 24.3 Å². The summed E-state index contributed by atoms with van der Waals surface area (Å²) in [4.78, 5) is 5.34. The number of hydrogen-bond donors (Lipinski definition) is 0. The Kier molecular flexibility index (Phi) is 2.49. The Morgan fingerprint density at radius 3 is 2.89 bits per heavy atom. The normalized spacial score (nSPS) is 29.3. The highest BCUT2D eigenvalue weighted by Gasteiger charge is 2.19. The highest BCUT2D eigenvalue weighted by molar-refractivity contribution is 4.63. The molecule has 0 N–H and O–H groups in total. The highest BCUT2D eigenvalue weighted by Crippen LogP contribution is 2.12. The number of hydroxylamine groups is 2. The van der Waals surface area contributed by atoms with E-state index in [-0.39, 0.29) is 0 Å². The summed E-state index contributed by atoms with van der Waals surface area (Å²) in [5.74, 6) is 0. The Balaban J connectivity index is 2.22. The van der Waals surface area contributed by atoms with Crippen LogP contribution >= 0.6 is 0 Å². The maximum Gasteiger partial charge on any atom is 0.0700 e. The number of hydrogen-bond acceptors (Lipinski definition) is 2. The van der Waals surface area contributed by atoms with Crippen molar-refractivity contribution < 1.29 is 4.84 Å². The SMILES string of the molecule is CCCN1OCCC1C. The zero-order chi connectivity index (χ0) is 6.69. The van der Waals surface area contributed by atoms with E-state index in [1.165, 1.54) is 12.8 Å². The van der Waals surface area contributed by atoms with Crippen molar-refractivity contribution in [3.8, 4) is 0 Å². The minimum atomic E-state index is 0.643. The van der Waals surface area contributed by atoms with Crippen molar-refractivity contribution >= 4 is 0 Å². The summed E-state index contributed by atoms with van der Waals surface area (Å²) in [6.07, 6.45) is 2.38. The average molecular weight is 129 g/mol. The molecule has 1 aliphatic heterocycles. The zero-order valence-corrected chi connectivity index (χ0v) is 6.26. The van der Waals surface area contributed by atoms with Gasteiger partial charge in [-0.15, -0.1) is 0 Å². The fourth-order valence-corrected chi connectivity index (χ4v) is 1.12. The lowest BCUT2D eigenvalue weighted by Gasteiger charge is -2.17. The van der Waals surface area contributed by atoms with Crippen LogP contribution in [0, 0.1) is 0 Å². The van der Waals surface area contributed by atoms with Crippen molar-refractivity contribution in [3.05, 3.63) is 0 Å². The summed E-state index contributed by atoms with van der Waals surface area (Å²) >= 11 is 0. The van der Waals surface area contributed by atoms with Gasteiger partial charge in [0.2, 0.25) is 0 Å². The van der Waals surface area contributed by atoms with Crippen molar-refractivity contribution in [2.75, 3.05) is 13.2 Å². The van der Waals surface area contributed by atoms with Gasteiger partial charge in [0.25, 0.3) is 0 Å². The van der Waals surface area contributed by atoms with E-state index in [0.29, 0.717) is 6.04 Å². The smallest absolute Gasteiger partial charge is 0.0700 e. The first-order valence-electron chi connectivity index (χ1n) is 3.74. The van der Waals surface area contributed by atoms with Gasteiger partial charge in [-0.2, -0.15) is 5.06 Å². The summed E-state index contributed by atoms with van der Waals surface area (Å²) in [5.41, 5.74) is 0. The van der Waals surface area contributed by atoms with Crippen LogP contribution in [-0.2, 0) is 4.84 Å². The Morgan fingerprint density at radius 2 is 2.44 bits per heavy atom. The lowest BCUT2D eigenvalue weighted by Crippen LogP contribution is -2.25. The largest absolute Gasteiger partial charge is 0.299 e. The number of rotatable bonds is 2. The van der Waals surface area contributed by atoms with Gasteiger partial charge in [0.05, 0.1) is 6.61 Å². The third kappa shape index (κ3) is 1.66. The molecule has 1 rings (SSSR count). The van der Waals surface area contributed by atoms with Crippen LogP contribution in [0.15, 0.2) is 0 Å². The minimum absolute atomic E-state index is 0.643. The average Bonchev–Trinajstić information content (AvgIpc) is 2.18. The Bertz CT molecular complexity index is 85.0. The molecule has 2 nitrogen and oxygen atoms in total. The second-order valence-corrected chi connectivity index (χ2v) is 2.61. The standard InChI is InChI=1S/C7H15NO/c1-3-5-8-7(2)4-6-9-8/h7H,3-6H2,1-2H3. The first-order chi connectivity index (χ1) is 4.34. The molecule has 0 aromatic heterocycles. The van der Waals surface area contributed by atoms with Crippen LogP contribution in [0.25, 0.3) is 0 Å². The van der Waals surface area contributed by atoms with Gasteiger partial charge < -0.3 is 0 Å². The molecule has 0 saturated carbocycles. The highest BCUT2D eigenvalue weighted by atomic mass is 16.7. The zero-order valence-electron chi connectivity index (χ0n) is 6.26. The van der Waals surface area contributed by atoms with Gasteiger partial charge >= 0.3 is 0 Å². The molecule has 1 fully saturated rings. The molecule has 0 amide bonds. The molecule has 1 aliphatic rings. The molecule has 0 aromatic rings. The first kappa shape index (κ1) is 7.03. The van der Waals surface area contributed by atoms with Crippen LogP contribution in [0.1, 0.15) is 26.7 Å². The molecule has 0 aliphatic carbocycles. The van der Waals surface area contributed by atoms with E-state index in [9.17, 15) is 0 Å². The fourth-order valence-electron chi connectivity index (χ4n) is 1.12. The van der Waals surface area contributed by atoms with Gasteiger partial charge in [-0.05, 0) is 19.8 Å². The van der Waals surface area contributed by atoms with Gasteiger partial charge in [-0.3, -0.25) is 4.84 Å². The molecule has 0 bridgehead atoms. The molecule has 54 valence electrons. The van der Waals surface area contributed by atoms with Gasteiger partial charge in [-0.1, -0.05) is 6.92 Å².